The maximum Gasteiger partial charge on any atom is 0.229 e. The van der Waals surface area contributed by atoms with Gasteiger partial charge in [0, 0.05) is 62.8 Å². The summed E-state index contributed by atoms with van der Waals surface area (Å²) in [5.74, 6) is 1.74. The van der Waals surface area contributed by atoms with E-state index in [-0.39, 0.29) is 5.69 Å². The minimum absolute atomic E-state index is 0.286. The van der Waals surface area contributed by atoms with Crippen molar-refractivity contribution in [2.75, 3.05) is 80.0 Å². The van der Waals surface area contributed by atoms with Crippen molar-refractivity contribution in [3.63, 3.8) is 0 Å². The standard InChI is InChI=1S/C30H41ClN8O4S/c1-5-20-16-24(28(43-3)18-26(20)39-12-8-22(9-13-39)38-14-10-32-11-15-38)35-30-33-19-23(31)29(36-30)34-21-6-7-27(42-2)25(17-21)37-44(4,40)41/h6-7,16-19,22,32,37H,5,8-15H2,1-4H3,(H2,33,34,35,36). The number of methoxy groups -OCH3 is 2. The van der Waals surface area contributed by atoms with Gasteiger partial charge in [0.05, 0.1) is 38.0 Å². The van der Waals surface area contributed by atoms with Crippen LogP contribution in [0.3, 0.4) is 0 Å². The van der Waals surface area contributed by atoms with Crippen molar-refractivity contribution in [2.24, 2.45) is 0 Å². The molecule has 0 spiro atoms. The van der Waals surface area contributed by atoms with E-state index < -0.39 is 10.0 Å². The van der Waals surface area contributed by atoms with Crippen LogP contribution in [0.15, 0.2) is 36.5 Å². The highest BCUT2D eigenvalue weighted by Crippen LogP contribution is 2.37. The molecule has 5 rings (SSSR count). The van der Waals surface area contributed by atoms with Crippen LogP contribution >= 0.6 is 11.6 Å². The monoisotopic (exact) mass is 644 g/mol. The molecule has 0 radical (unpaired) electrons. The maximum absolute atomic E-state index is 11.8. The van der Waals surface area contributed by atoms with E-state index in [4.69, 9.17) is 21.1 Å². The van der Waals surface area contributed by atoms with Crippen molar-refractivity contribution < 1.29 is 17.9 Å². The molecule has 3 aromatic rings. The molecular weight excluding hydrogens is 604 g/mol. The normalized spacial score (nSPS) is 16.4. The first-order chi connectivity index (χ1) is 21.2. The summed E-state index contributed by atoms with van der Waals surface area (Å²) in [4.78, 5) is 14.1. The number of nitrogens with one attached hydrogen (secondary N) is 4. The lowest BCUT2D eigenvalue weighted by molar-refractivity contribution is 0.150. The van der Waals surface area contributed by atoms with E-state index in [1.807, 2.05) is 0 Å². The Balaban J connectivity index is 1.33. The molecule has 2 saturated heterocycles. The van der Waals surface area contributed by atoms with E-state index in [0.29, 0.717) is 40.0 Å². The van der Waals surface area contributed by atoms with Gasteiger partial charge in [0.15, 0.2) is 5.82 Å². The van der Waals surface area contributed by atoms with E-state index in [0.717, 1.165) is 70.5 Å². The van der Waals surface area contributed by atoms with Gasteiger partial charge in [0.1, 0.15) is 16.5 Å². The van der Waals surface area contributed by atoms with Crippen molar-refractivity contribution >= 4 is 56.1 Å². The molecule has 44 heavy (non-hydrogen) atoms. The number of aromatic nitrogens is 2. The Morgan fingerprint density at radius 3 is 2.39 bits per heavy atom. The predicted octanol–water partition coefficient (Wildman–Crippen LogP) is 4.44. The molecule has 2 aliphatic heterocycles. The number of benzene rings is 2. The molecule has 0 bridgehead atoms. The first kappa shape index (κ1) is 31.9. The minimum Gasteiger partial charge on any atom is -0.495 e. The van der Waals surface area contributed by atoms with Crippen LogP contribution in [0, 0.1) is 0 Å². The van der Waals surface area contributed by atoms with Crippen LogP contribution in [0.4, 0.5) is 34.5 Å². The molecular formula is C30H41ClN8O4S. The minimum atomic E-state index is -3.52. The molecule has 14 heteroatoms. The Labute approximate surface area is 264 Å². The number of anilines is 6. The predicted molar refractivity (Wildman–Crippen MR) is 177 cm³/mol. The summed E-state index contributed by atoms with van der Waals surface area (Å²) in [6.07, 6.45) is 5.75. The number of ether oxygens (including phenoxy) is 2. The summed E-state index contributed by atoms with van der Waals surface area (Å²) in [5, 5.41) is 10.2. The summed E-state index contributed by atoms with van der Waals surface area (Å²) in [6.45, 7) is 8.59. The van der Waals surface area contributed by atoms with E-state index in [1.165, 1.54) is 24.6 Å². The Hall–Kier alpha value is -3.52. The fraction of sp³-hybridized carbons (Fsp3) is 0.467. The molecule has 4 N–H and O–H groups in total. The number of hydrogen-bond donors (Lipinski definition) is 4. The van der Waals surface area contributed by atoms with Gasteiger partial charge in [0.2, 0.25) is 16.0 Å². The van der Waals surface area contributed by atoms with Gasteiger partial charge in [-0.15, -0.1) is 0 Å². The maximum atomic E-state index is 11.8. The zero-order chi connectivity index (χ0) is 31.3. The molecule has 2 aliphatic rings. The molecule has 3 heterocycles. The average molecular weight is 645 g/mol. The zero-order valence-corrected chi connectivity index (χ0v) is 27.2. The van der Waals surface area contributed by atoms with Gasteiger partial charge in [-0.05, 0) is 49.1 Å². The Kier molecular flexibility index (Phi) is 10.2. The van der Waals surface area contributed by atoms with Crippen molar-refractivity contribution in [3.05, 3.63) is 47.1 Å². The Morgan fingerprint density at radius 2 is 1.73 bits per heavy atom. The number of halogens is 1. The summed E-state index contributed by atoms with van der Waals surface area (Å²) in [6, 6.07) is 9.85. The van der Waals surface area contributed by atoms with E-state index in [9.17, 15) is 8.42 Å². The number of sulfonamides is 1. The van der Waals surface area contributed by atoms with Gasteiger partial charge in [0.25, 0.3) is 0 Å². The quantitative estimate of drug-likeness (QED) is 0.236. The summed E-state index contributed by atoms with van der Waals surface area (Å²) < 4.78 is 37.2. The molecule has 2 fully saturated rings. The van der Waals surface area contributed by atoms with Gasteiger partial charge in [-0.2, -0.15) is 4.98 Å². The number of piperidine rings is 1. The molecule has 12 nitrogen and oxygen atoms in total. The molecule has 0 atom stereocenters. The molecule has 0 unspecified atom stereocenters. The fourth-order valence-corrected chi connectivity index (χ4v) is 6.51. The van der Waals surface area contributed by atoms with Gasteiger partial charge in [-0.3, -0.25) is 9.62 Å². The lowest BCUT2D eigenvalue weighted by Crippen LogP contribution is -2.52. The largest absolute Gasteiger partial charge is 0.495 e. The van der Waals surface area contributed by atoms with Crippen LogP contribution in [0.2, 0.25) is 5.02 Å². The summed E-state index contributed by atoms with van der Waals surface area (Å²) in [5.41, 5.74) is 4.01. The number of rotatable bonds is 11. The van der Waals surface area contributed by atoms with Crippen LogP contribution in [-0.4, -0.2) is 89.1 Å². The van der Waals surface area contributed by atoms with Crippen molar-refractivity contribution in [3.8, 4) is 11.5 Å². The highest BCUT2D eigenvalue weighted by atomic mass is 35.5. The second-order valence-electron chi connectivity index (χ2n) is 11.0. The van der Waals surface area contributed by atoms with Gasteiger partial charge >= 0.3 is 0 Å². The first-order valence-corrected chi connectivity index (χ1v) is 17.1. The van der Waals surface area contributed by atoms with Crippen molar-refractivity contribution in [1.29, 1.82) is 0 Å². The van der Waals surface area contributed by atoms with Crippen LogP contribution in [-0.2, 0) is 16.4 Å². The van der Waals surface area contributed by atoms with Gasteiger partial charge in [-0.1, -0.05) is 18.5 Å². The molecule has 1 aromatic heterocycles. The van der Waals surface area contributed by atoms with E-state index >= 15 is 0 Å². The van der Waals surface area contributed by atoms with Crippen LogP contribution in [0.1, 0.15) is 25.3 Å². The summed E-state index contributed by atoms with van der Waals surface area (Å²) >= 11 is 6.44. The van der Waals surface area contributed by atoms with Gasteiger partial charge in [-0.25, -0.2) is 13.4 Å². The van der Waals surface area contributed by atoms with E-state index in [1.54, 1.807) is 25.3 Å². The number of aryl methyl sites for hydroxylation is 1. The molecule has 0 amide bonds. The highest BCUT2D eigenvalue weighted by molar-refractivity contribution is 7.92. The smallest absolute Gasteiger partial charge is 0.229 e. The zero-order valence-electron chi connectivity index (χ0n) is 25.6. The second-order valence-corrected chi connectivity index (χ2v) is 13.1. The highest BCUT2D eigenvalue weighted by Gasteiger charge is 2.27. The molecule has 0 saturated carbocycles. The molecule has 0 aliphatic carbocycles. The SMILES string of the molecule is CCc1cc(Nc2ncc(Cl)c(Nc3ccc(OC)c(NS(C)(=O)=O)c3)n2)c(OC)cc1N1CCC(N2CCNCC2)CC1. The fourth-order valence-electron chi connectivity index (χ4n) is 5.81. The summed E-state index contributed by atoms with van der Waals surface area (Å²) in [7, 11) is -0.388. The molecule has 238 valence electrons. The number of piperazine rings is 1. The first-order valence-electron chi connectivity index (χ1n) is 14.8. The Morgan fingerprint density at radius 1 is 1.00 bits per heavy atom. The number of hydrogen-bond acceptors (Lipinski definition) is 11. The topological polar surface area (TPSA) is 133 Å². The lowest BCUT2D eigenvalue weighted by Gasteiger charge is -2.41. The average Bonchev–Trinajstić information content (AvgIpc) is 3.02. The van der Waals surface area contributed by atoms with Crippen LogP contribution in [0.25, 0.3) is 0 Å². The van der Waals surface area contributed by atoms with Gasteiger partial charge < -0.3 is 30.3 Å². The van der Waals surface area contributed by atoms with Crippen LogP contribution in [0.5, 0.6) is 11.5 Å². The third kappa shape index (κ3) is 7.76. The molecule has 2 aromatic carbocycles. The Bertz CT molecular complexity index is 1560. The third-order valence-electron chi connectivity index (χ3n) is 8.00. The van der Waals surface area contributed by atoms with Crippen LogP contribution < -0.4 is 35.0 Å². The van der Waals surface area contributed by atoms with E-state index in [2.05, 4.69) is 59.5 Å². The van der Waals surface area contributed by atoms with Crippen molar-refractivity contribution in [1.82, 2.24) is 20.2 Å². The third-order valence-corrected chi connectivity index (χ3v) is 8.87. The lowest BCUT2D eigenvalue weighted by atomic mass is 9.99. The van der Waals surface area contributed by atoms with Crippen molar-refractivity contribution in [2.45, 2.75) is 32.2 Å². The number of nitrogens with zero attached hydrogens (tertiary/aromatic N) is 4. The second kappa shape index (κ2) is 14.1.